The number of nitrogen functional groups attached to an aromatic ring is 1. The van der Waals surface area contributed by atoms with Gasteiger partial charge in [0.15, 0.2) is 16.8 Å². The Labute approximate surface area is 157 Å². The Hall–Kier alpha value is -1.93. The Kier molecular flexibility index (Phi) is 7.39. The number of carbonyl (C=O) groups excluding carboxylic acids is 1. The molecule has 0 aliphatic rings. The van der Waals surface area contributed by atoms with Crippen LogP contribution in [0.25, 0.3) is 0 Å². The second-order valence-electron chi connectivity index (χ2n) is 5.27. The number of hydrogen-bond donors (Lipinski definition) is 2. The molecule has 1 heterocycles. The number of rotatable bonds is 9. The monoisotopic (exact) mass is 377 g/mol. The summed E-state index contributed by atoms with van der Waals surface area (Å²) in [5, 5.41) is 3.58. The molecular weight excluding hydrogens is 354 g/mol. The van der Waals surface area contributed by atoms with Crippen LogP contribution in [0, 0.1) is 0 Å². The van der Waals surface area contributed by atoms with Gasteiger partial charge < -0.3 is 11.1 Å². The fourth-order valence-electron chi connectivity index (χ4n) is 2.24. The summed E-state index contributed by atoms with van der Waals surface area (Å²) in [7, 11) is 1.74. The summed E-state index contributed by atoms with van der Waals surface area (Å²) >= 11 is 3.21. The molecule has 0 saturated heterocycles. The van der Waals surface area contributed by atoms with Crippen molar-refractivity contribution < 1.29 is 4.79 Å². The number of hydrogen-bond acceptors (Lipinski definition) is 7. The lowest BCUT2D eigenvalue weighted by molar-refractivity contribution is -0.107. The van der Waals surface area contributed by atoms with Gasteiger partial charge in [-0.3, -0.25) is 9.69 Å². The first-order chi connectivity index (χ1) is 12.1. The molecule has 2 aromatic rings. The molecule has 3 N–H and O–H groups in total. The van der Waals surface area contributed by atoms with E-state index in [9.17, 15) is 4.79 Å². The predicted molar refractivity (Wildman–Crippen MR) is 107 cm³/mol. The van der Waals surface area contributed by atoms with Crippen LogP contribution >= 0.6 is 23.5 Å². The van der Waals surface area contributed by atoms with Crippen LogP contribution in [-0.2, 0) is 11.3 Å². The largest absolute Gasteiger partial charge is 0.382 e. The van der Waals surface area contributed by atoms with Crippen molar-refractivity contribution in [3.05, 3.63) is 29.8 Å². The summed E-state index contributed by atoms with van der Waals surface area (Å²) in [4.78, 5) is 23.3. The Balaban J connectivity index is 2.33. The molecule has 0 atom stereocenters. The molecule has 0 unspecified atom stereocenters. The Bertz CT molecular complexity index is 709. The van der Waals surface area contributed by atoms with Gasteiger partial charge in [0.25, 0.3) is 0 Å². The van der Waals surface area contributed by atoms with E-state index in [1.807, 2.05) is 30.5 Å². The maximum absolute atomic E-state index is 11.7. The number of nitrogens with zero attached hydrogens (tertiary/aromatic N) is 3. The van der Waals surface area contributed by atoms with Gasteiger partial charge in [-0.25, -0.2) is 9.97 Å². The molecular formula is C17H23N5OS2. The number of nitrogens with two attached hydrogens (primary N) is 1. The molecule has 25 heavy (non-hydrogen) atoms. The van der Waals surface area contributed by atoms with Crippen molar-refractivity contribution in [2.75, 3.05) is 35.0 Å². The highest BCUT2D eigenvalue weighted by Gasteiger charge is 2.18. The molecule has 0 spiro atoms. The maximum atomic E-state index is 11.7. The quantitative estimate of drug-likeness (QED) is 0.393. The van der Waals surface area contributed by atoms with Crippen molar-refractivity contribution in [1.82, 2.24) is 9.97 Å². The molecule has 1 amide bonds. The van der Waals surface area contributed by atoms with E-state index in [0.717, 1.165) is 24.1 Å². The van der Waals surface area contributed by atoms with E-state index in [1.165, 1.54) is 16.7 Å². The molecule has 0 aliphatic heterocycles. The van der Waals surface area contributed by atoms with Crippen LogP contribution in [0.2, 0.25) is 0 Å². The lowest BCUT2D eigenvalue weighted by Gasteiger charge is -2.21. The van der Waals surface area contributed by atoms with Crippen molar-refractivity contribution in [3.63, 3.8) is 0 Å². The highest BCUT2D eigenvalue weighted by atomic mass is 32.2. The molecule has 0 fully saturated rings. The van der Waals surface area contributed by atoms with Crippen LogP contribution in [0.4, 0.5) is 17.3 Å². The van der Waals surface area contributed by atoms with E-state index < -0.39 is 0 Å². The van der Waals surface area contributed by atoms with E-state index in [-0.39, 0.29) is 0 Å². The average molecular weight is 378 g/mol. The van der Waals surface area contributed by atoms with Crippen LogP contribution in [0.3, 0.4) is 0 Å². The molecule has 6 nitrogen and oxygen atoms in total. The van der Waals surface area contributed by atoms with Crippen molar-refractivity contribution in [2.45, 2.75) is 29.9 Å². The van der Waals surface area contributed by atoms with Gasteiger partial charge in [-0.2, -0.15) is 0 Å². The van der Waals surface area contributed by atoms with Crippen molar-refractivity contribution >= 4 is 47.3 Å². The van der Waals surface area contributed by atoms with Gasteiger partial charge in [0.1, 0.15) is 5.69 Å². The first kappa shape index (κ1) is 19.4. The lowest BCUT2D eigenvalue weighted by atomic mass is 10.2. The van der Waals surface area contributed by atoms with Crippen LogP contribution in [0.1, 0.15) is 18.9 Å². The van der Waals surface area contributed by atoms with Gasteiger partial charge in [0.2, 0.25) is 6.41 Å². The highest BCUT2D eigenvalue weighted by molar-refractivity contribution is 7.99. The fourth-order valence-corrected chi connectivity index (χ4v) is 3.35. The zero-order chi connectivity index (χ0) is 18.2. The summed E-state index contributed by atoms with van der Waals surface area (Å²) in [6, 6.07) is 8.11. The SMILES string of the molecule is CCCSc1nc(N)c(NC)c(N(C=O)Cc2ccc(SC)cc2)n1. The number of benzene rings is 1. The van der Waals surface area contributed by atoms with E-state index >= 15 is 0 Å². The Morgan fingerprint density at radius 3 is 2.56 bits per heavy atom. The molecule has 0 radical (unpaired) electrons. The van der Waals surface area contributed by atoms with E-state index in [4.69, 9.17) is 5.73 Å². The number of amides is 1. The van der Waals surface area contributed by atoms with Crippen molar-refractivity contribution in [2.24, 2.45) is 0 Å². The fraction of sp³-hybridized carbons (Fsp3) is 0.353. The topological polar surface area (TPSA) is 84.1 Å². The number of nitrogens with one attached hydrogen (secondary N) is 1. The summed E-state index contributed by atoms with van der Waals surface area (Å²) in [5.74, 6) is 1.74. The third-order valence-corrected chi connectivity index (χ3v) is 5.29. The number of thioether (sulfide) groups is 2. The molecule has 0 aliphatic carbocycles. The lowest BCUT2D eigenvalue weighted by Crippen LogP contribution is -2.24. The molecule has 1 aromatic carbocycles. The zero-order valence-corrected chi connectivity index (χ0v) is 16.3. The summed E-state index contributed by atoms with van der Waals surface area (Å²) in [6.07, 6.45) is 3.82. The second-order valence-corrected chi connectivity index (χ2v) is 7.21. The second kappa shape index (κ2) is 9.53. The first-order valence-electron chi connectivity index (χ1n) is 7.95. The van der Waals surface area contributed by atoms with E-state index in [2.05, 4.69) is 22.2 Å². The van der Waals surface area contributed by atoms with Crippen LogP contribution < -0.4 is 16.0 Å². The summed E-state index contributed by atoms with van der Waals surface area (Å²) in [5.41, 5.74) is 7.64. The average Bonchev–Trinajstić information content (AvgIpc) is 2.64. The molecule has 0 bridgehead atoms. The van der Waals surface area contributed by atoms with Crippen LogP contribution in [0.15, 0.2) is 34.3 Å². The summed E-state index contributed by atoms with van der Waals surface area (Å²) < 4.78 is 0. The van der Waals surface area contributed by atoms with Gasteiger partial charge in [0.05, 0.1) is 6.54 Å². The Morgan fingerprint density at radius 1 is 1.28 bits per heavy atom. The first-order valence-corrected chi connectivity index (χ1v) is 10.2. The van der Waals surface area contributed by atoms with Crippen LogP contribution in [0.5, 0.6) is 0 Å². The zero-order valence-electron chi connectivity index (χ0n) is 14.7. The summed E-state index contributed by atoms with van der Waals surface area (Å²) in [6.45, 7) is 2.51. The van der Waals surface area contributed by atoms with Gasteiger partial charge in [-0.1, -0.05) is 30.8 Å². The minimum absolute atomic E-state index is 0.343. The number of carbonyl (C=O) groups is 1. The smallest absolute Gasteiger partial charge is 0.215 e. The molecule has 8 heteroatoms. The predicted octanol–water partition coefficient (Wildman–Crippen LogP) is 3.49. The van der Waals surface area contributed by atoms with Gasteiger partial charge >= 0.3 is 0 Å². The van der Waals surface area contributed by atoms with Crippen molar-refractivity contribution in [3.8, 4) is 0 Å². The third kappa shape index (κ3) is 5.02. The van der Waals surface area contributed by atoms with Crippen molar-refractivity contribution in [1.29, 1.82) is 0 Å². The van der Waals surface area contributed by atoms with Gasteiger partial charge in [0, 0.05) is 17.7 Å². The Morgan fingerprint density at radius 2 is 2.00 bits per heavy atom. The standard InChI is InChI=1S/C17H23N5OS2/c1-4-9-25-17-20-15(18)14(19-2)16(21-17)22(11-23)10-12-5-7-13(24-3)8-6-12/h5-8,11,19H,4,9-10H2,1-3H3,(H2,18,20,21). The molecule has 134 valence electrons. The molecule has 0 saturated carbocycles. The van der Waals surface area contributed by atoms with Gasteiger partial charge in [-0.05, 0) is 30.4 Å². The number of aromatic nitrogens is 2. The van der Waals surface area contributed by atoms with E-state index in [1.54, 1.807) is 23.7 Å². The normalized spacial score (nSPS) is 10.5. The minimum atomic E-state index is 0.343. The van der Waals surface area contributed by atoms with Crippen LogP contribution in [-0.4, -0.2) is 35.4 Å². The van der Waals surface area contributed by atoms with Gasteiger partial charge in [-0.15, -0.1) is 11.8 Å². The third-order valence-electron chi connectivity index (χ3n) is 3.49. The number of anilines is 3. The minimum Gasteiger partial charge on any atom is -0.382 e. The van der Waals surface area contributed by atoms with E-state index in [0.29, 0.717) is 29.0 Å². The molecule has 2 rings (SSSR count). The molecule has 1 aromatic heterocycles. The maximum Gasteiger partial charge on any atom is 0.215 e. The highest BCUT2D eigenvalue weighted by Crippen LogP contribution is 2.31.